The monoisotopic (exact) mass is 289 g/mol. The van der Waals surface area contributed by atoms with Crippen LogP contribution in [-0.2, 0) is 13.0 Å². The Morgan fingerprint density at radius 1 is 1.43 bits per heavy atom. The average Bonchev–Trinajstić information content (AvgIpc) is 3.13. The van der Waals surface area contributed by atoms with E-state index in [2.05, 4.69) is 45.1 Å². The summed E-state index contributed by atoms with van der Waals surface area (Å²) >= 11 is 0. The summed E-state index contributed by atoms with van der Waals surface area (Å²) in [4.78, 5) is 6.79. The molecule has 3 rings (SSSR count). The lowest BCUT2D eigenvalue weighted by atomic mass is 10.1. The molecule has 1 saturated heterocycles. The molecule has 7 heteroatoms. The molecule has 2 aromatic rings. The second kappa shape index (κ2) is 5.85. The first-order valence-corrected chi connectivity index (χ1v) is 7.71. The molecule has 1 atom stereocenters. The van der Waals surface area contributed by atoms with E-state index in [1.165, 1.54) is 0 Å². The standard InChI is InChI=1S/C14H23N7/c1-3-11-8-12(21(4-2)19-11)13-16-14(18-17-13)20-7-5-6-10(15)9-20/h8,10H,3-7,9,15H2,1-2H3,(H,16,17,18). The van der Waals surface area contributed by atoms with Crippen molar-refractivity contribution in [1.29, 1.82) is 0 Å². The second-order valence-corrected chi connectivity index (χ2v) is 5.52. The average molecular weight is 289 g/mol. The van der Waals surface area contributed by atoms with Crippen LogP contribution >= 0.6 is 0 Å². The lowest BCUT2D eigenvalue weighted by Crippen LogP contribution is -2.43. The topological polar surface area (TPSA) is 88.7 Å². The summed E-state index contributed by atoms with van der Waals surface area (Å²) in [5, 5.41) is 11.9. The number of rotatable bonds is 4. The Hall–Kier alpha value is -1.89. The number of hydrogen-bond donors (Lipinski definition) is 2. The SMILES string of the molecule is CCc1cc(-c2nc(N3CCCC(N)C3)n[nH]2)n(CC)n1. The molecule has 3 N–H and O–H groups in total. The Bertz CT molecular complexity index is 600. The Balaban J connectivity index is 1.86. The molecule has 21 heavy (non-hydrogen) atoms. The molecule has 0 aliphatic carbocycles. The van der Waals surface area contributed by atoms with Crippen molar-refractivity contribution in [2.24, 2.45) is 5.73 Å². The van der Waals surface area contributed by atoms with Crippen LogP contribution in [0.25, 0.3) is 11.5 Å². The van der Waals surface area contributed by atoms with Gasteiger partial charge in [-0.3, -0.25) is 9.78 Å². The summed E-state index contributed by atoms with van der Waals surface area (Å²) in [6, 6.07) is 2.30. The van der Waals surface area contributed by atoms with E-state index in [1.54, 1.807) is 0 Å². The highest BCUT2D eigenvalue weighted by atomic mass is 15.4. The van der Waals surface area contributed by atoms with Crippen molar-refractivity contribution < 1.29 is 0 Å². The number of nitrogens with two attached hydrogens (primary N) is 1. The maximum absolute atomic E-state index is 6.03. The van der Waals surface area contributed by atoms with Crippen molar-refractivity contribution in [3.8, 4) is 11.5 Å². The van der Waals surface area contributed by atoms with Crippen molar-refractivity contribution in [2.75, 3.05) is 18.0 Å². The maximum atomic E-state index is 6.03. The molecule has 0 aromatic carbocycles. The number of aryl methyl sites for hydroxylation is 2. The number of piperidine rings is 1. The summed E-state index contributed by atoms with van der Waals surface area (Å²) < 4.78 is 1.96. The van der Waals surface area contributed by atoms with Gasteiger partial charge in [0.15, 0.2) is 5.82 Å². The number of hydrogen-bond acceptors (Lipinski definition) is 5. The van der Waals surface area contributed by atoms with E-state index < -0.39 is 0 Å². The van der Waals surface area contributed by atoms with Gasteiger partial charge in [-0.2, -0.15) is 10.1 Å². The van der Waals surface area contributed by atoms with Crippen molar-refractivity contribution in [3.63, 3.8) is 0 Å². The molecular formula is C14H23N7. The molecule has 0 amide bonds. The van der Waals surface area contributed by atoms with E-state index in [-0.39, 0.29) is 6.04 Å². The van der Waals surface area contributed by atoms with Gasteiger partial charge in [-0.25, -0.2) is 0 Å². The third kappa shape index (κ3) is 2.78. The molecule has 1 fully saturated rings. The lowest BCUT2D eigenvalue weighted by Gasteiger charge is -2.29. The van der Waals surface area contributed by atoms with Gasteiger partial charge >= 0.3 is 0 Å². The normalized spacial score (nSPS) is 19.2. The van der Waals surface area contributed by atoms with Crippen LogP contribution in [0.1, 0.15) is 32.4 Å². The highest BCUT2D eigenvalue weighted by Crippen LogP contribution is 2.21. The molecule has 0 spiro atoms. The van der Waals surface area contributed by atoms with Gasteiger partial charge < -0.3 is 10.6 Å². The van der Waals surface area contributed by atoms with Gasteiger partial charge in [0.05, 0.1) is 5.69 Å². The van der Waals surface area contributed by atoms with Crippen LogP contribution in [0.4, 0.5) is 5.95 Å². The number of nitrogens with one attached hydrogen (secondary N) is 1. The Labute approximate surface area is 124 Å². The maximum Gasteiger partial charge on any atom is 0.245 e. The van der Waals surface area contributed by atoms with Crippen LogP contribution in [0.2, 0.25) is 0 Å². The van der Waals surface area contributed by atoms with Gasteiger partial charge in [-0.1, -0.05) is 6.92 Å². The minimum atomic E-state index is 0.216. The van der Waals surface area contributed by atoms with Crippen LogP contribution in [0.3, 0.4) is 0 Å². The minimum absolute atomic E-state index is 0.216. The lowest BCUT2D eigenvalue weighted by molar-refractivity contribution is 0.500. The predicted molar refractivity (Wildman–Crippen MR) is 82.1 cm³/mol. The van der Waals surface area contributed by atoms with Crippen molar-refractivity contribution in [1.82, 2.24) is 25.0 Å². The first-order valence-electron chi connectivity index (χ1n) is 7.71. The summed E-state index contributed by atoms with van der Waals surface area (Å²) in [5.41, 5.74) is 8.09. The molecular weight excluding hydrogens is 266 g/mol. The Morgan fingerprint density at radius 2 is 2.29 bits per heavy atom. The summed E-state index contributed by atoms with van der Waals surface area (Å²) in [7, 11) is 0. The fourth-order valence-electron chi connectivity index (χ4n) is 2.78. The molecule has 0 radical (unpaired) electrons. The van der Waals surface area contributed by atoms with E-state index >= 15 is 0 Å². The smallest absolute Gasteiger partial charge is 0.245 e. The van der Waals surface area contributed by atoms with E-state index in [9.17, 15) is 0 Å². The first-order chi connectivity index (χ1) is 10.2. The minimum Gasteiger partial charge on any atom is -0.338 e. The van der Waals surface area contributed by atoms with Gasteiger partial charge in [-0.05, 0) is 32.3 Å². The van der Waals surface area contributed by atoms with Crippen LogP contribution in [0.15, 0.2) is 6.07 Å². The van der Waals surface area contributed by atoms with E-state index in [0.717, 1.165) is 62.1 Å². The number of aromatic amines is 1. The van der Waals surface area contributed by atoms with Crippen LogP contribution in [0, 0.1) is 0 Å². The van der Waals surface area contributed by atoms with Crippen molar-refractivity contribution in [3.05, 3.63) is 11.8 Å². The van der Waals surface area contributed by atoms with Crippen LogP contribution in [-0.4, -0.2) is 44.1 Å². The molecule has 2 aromatic heterocycles. The predicted octanol–water partition coefficient (Wildman–Crippen LogP) is 1.18. The van der Waals surface area contributed by atoms with Gasteiger partial charge in [0, 0.05) is 25.7 Å². The summed E-state index contributed by atoms with van der Waals surface area (Å²) in [6.45, 7) is 6.80. The first kappa shape index (κ1) is 14.1. The summed E-state index contributed by atoms with van der Waals surface area (Å²) in [5.74, 6) is 1.51. The fourth-order valence-corrected chi connectivity index (χ4v) is 2.78. The van der Waals surface area contributed by atoms with Crippen LogP contribution < -0.4 is 10.6 Å². The molecule has 1 aliphatic heterocycles. The molecule has 1 unspecified atom stereocenters. The number of nitrogens with zero attached hydrogens (tertiary/aromatic N) is 5. The zero-order valence-electron chi connectivity index (χ0n) is 12.7. The van der Waals surface area contributed by atoms with Crippen LogP contribution in [0.5, 0.6) is 0 Å². The number of anilines is 1. The van der Waals surface area contributed by atoms with E-state index in [0.29, 0.717) is 0 Å². The highest BCUT2D eigenvalue weighted by molar-refractivity contribution is 5.52. The molecule has 0 bridgehead atoms. The van der Waals surface area contributed by atoms with Crippen molar-refractivity contribution >= 4 is 5.95 Å². The van der Waals surface area contributed by atoms with E-state index in [1.807, 2.05) is 4.68 Å². The number of aromatic nitrogens is 5. The Kier molecular flexibility index (Phi) is 3.92. The second-order valence-electron chi connectivity index (χ2n) is 5.52. The summed E-state index contributed by atoms with van der Waals surface area (Å²) in [6.07, 6.45) is 3.09. The van der Waals surface area contributed by atoms with Gasteiger partial charge in [-0.15, -0.1) is 5.10 Å². The molecule has 7 nitrogen and oxygen atoms in total. The van der Waals surface area contributed by atoms with Gasteiger partial charge in [0.2, 0.25) is 5.95 Å². The third-order valence-corrected chi connectivity index (χ3v) is 3.95. The van der Waals surface area contributed by atoms with Gasteiger partial charge in [0.25, 0.3) is 0 Å². The van der Waals surface area contributed by atoms with Crippen molar-refractivity contribution in [2.45, 2.75) is 45.7 Å². The molecule has 0 saturated carbocycles. The zero-order valence-corrected chi connectivity index (χ0v) is 12.7. The zero-order chi connectivity index (χ0) is 14.8. The molecule has 3 heterocycles. The van der Waals surface area contributed by atoms with E-state index in [4.69, 9.17) is 5.73 Å². The quantitative estimate of drug-likeness (QED) is 0.882. The third-order valence-electron chi connectivity index (χ3n) is 3.95. The molecule has 1 aliphatic rings. The highest BCUT2D eigenvalue weighted by Gasteiger charge is 2.21. The Morgan fingerprint density at radius 3 is 3.00 bits per heavy atom. The van der Waals surface area contributed by atoms with Gasteiger partial charge in [0.1, 0.15) is 5.69 Å². The largest absolute Gasteiger partial charge is 0.338 e. The number of H-pyrrole nitrogens is 1. The molecule has 114 valence electrons. The fraction of sp³-hybridized carbons (Fsp3) is 0.643.